The quantitative estimate of drug-likeness (QED) is 0.197. The molecule has 272 valence electrons. The topological polar surface area (TPSA) is 152 Å². The van der Waals surface area contributed by atoms with Gasteiger partial charge in [0.05, 0.1) is 18.8 Å². The number of amides is 1. The van der Waals surface area contributed by atoms with Crippen LogP contribution in [0.15, 0.2) is 36.4 Å². The van der Waals surface area contributed by atoms with E-state index in [1.54, 1.807) is 33.8 Å². The molecule has 1 amide bonds. The van der Waals surface area contributed by atoms with E-state index in [1.165, 1.54) is 0 Å². The highest BCUT2D eigenvalue weighted by atomic mass is 16.5. The molecule has 0 aromatic heterocycles. The molecule has 0 unspecified atom stereocenters. The maximum atomic E-state index is 13.3. The van der Waals surface area contributed by atoms with Crippen molar-refractivity contribution in [3.8, 4) is 5.75 Å². The van der Waals surface area contributed by atoms with Crippen molar-refractivity contribution >= 4 is 12.0 Å². The van der Waals surface area contributed by atoms with Crippen LogP contribution in [0, 0.1) is 12.1 Å². The third kappa shape index (κ3) is 9.47. The number of aliphatic hydroxyl groups excluding tert-OH is 3. The first-order valence-electron chi connectivity index (χ1n) is 17.6. The van der Waals surface area contributed by atoms with Gasteiger partial charge in [0.1, 0.15) is 23.5 Å². The smallest absolute Gasteiger partial charge is 0.243 e. The molecule has 11 nitrogen and oxygen atoms in total. The number of aromatic hydroxyl groups is 1. The minimum atomic E-state index is -1.23. The van der Waals surface area contributed by atoms with E-state index in [-0.39, 0.29) is 24.7 Å². The molecule has 4 rings (SSSR count). The number of benzene rings is 2. The molecule has 2 aromatic carbocycles. The van der Waals surface area contributed by atoms with E-state index in [2.05, 4.69) is 36.3 Å². The van der Waals surface area contributed by atoms with Crippen molar-refractivity contribution in [2.24, 2.45) is 0 Å². The Morgan fingerprint density at radius 3 is 2.37 bits per heavy atom. The molecule has 2 fully saturated rings. The standard InChI is InChI=1S/C38H57N4O7/c1-8-10-28-22-32(44)31(35-34(46)33(45)23-30(24-43)49-35)21-29(28)20-27-12-11-26(19-25(27)3)13-14-37(4,5)42(48)39-38(6,7)36(47)41-17-15-40(9-2)16-18-41/h11-14,19,21-22,30,33-35,39,43-46H,8-10,15-18,20,23-24H2,1-7H3/q-1/b14-13+/t30-,33-,34+,35-/m0/s1. The number of piperazine rings is 1. The van der Waals surface area contributed by atoms with E-state index in [4.69, 9.17) is 4.74 Å². The largest absolute Gasteiger partial charge is 0.771 e. The van der Waals surface area contributed by atoms with Crippen molar-refractivity contribution in [1.29, 1.82) is 0 Å². The summed E-state index contributed by atoms with van der Waals surface area (Å²) < 4.78 is 5.90. The third-order valence-corrected chi connectivity index (χ3v) is 9.90. The number of rotatable bonds is 13. The Hall–Kier alpha value is -2.87. The van der Waals surface area contributed by atoms with Crippen molar-refractivity contribution in [1.82, 2.24) is 20.4 Å². The van der Waals surface area contributed by atoms with Crippen LogP contribution in [0.2, 0.25) is 0 Å². The van der Waals surface area contributed by atoms with Crippen LogP contribution < -0.4 is 5.43 Å². The lowest BCUT2D eigenvalue weighted by molar-refractivity contribution is -0.180. The molecule has 2 aromatic rings. The predicted octanol–water partition coefficient (Wildman–Crippen LogP) is 3.83. The van der Waals surface area contributed by atoms with Gasteiger partial charge in [-0.05, 0) is 94.0 Å². The Bertz CT molecular complexity index is 1450. The molecular formula is C38H57N4O7-. The number of aliphatic hydroxyl groups is 3. The molecule has 2 aliphatic heterocycles. The van der Waals surface area contributed by atoms with Crippen LogP contribution in [0.1, 0.15) is 93.9 Å². The van der Waals surface area contributed by atoms with Crippen molar-refractivity contribution in [2.45, 2.75) is 110 Å². The average Bonchev–Trinajstić information content (AvgIpc) is 3.06. The van der Waals surface area contributed by atoms with Crippen molar-refractivity contribution in [3.63, 3.8) is 0 Å². The second kappa shape index (κ2) is 16.4. The zero-order chi connectivity index (χ0) is 36.1. The van der Waals surface area contributed by atoms with Gasteiger partial charge in [0.25, 0.3) is 0 Å². The molecule has 2 aliphatic rings. The highest BCUT2D eigenvalue weighted by molar-refractivity contribution is 5.85. The summed E-state index contributed by atoms with van der Waals surface area (Å²) >= 11 is 0. The fraction of sp³-hybridized carbons (Fsp3) is 0.605. The summed E-state index contributed by atoms with van der Waals surface area (Å²) in [5.41, 5.74) is 6.32. The van der Waals surface area contributed by atoms with Gasteiger partial charge in [-0.3, -0.25) is 10.2 Å². The fourth-order valence-electron chi connectivity index (χ4n) is 6.62. The molecule has 0 saturated carbocycles. The van der Waals surface area contributed by atoms with Gasteiger partial charge in [-0.25, -0.2) is 0 Å². The number of aryl methyl sites for hydroxylation is 2. The zero-order valence-electron chi connectivity index (χ0n) is 30.3. The fourth-order valence-corrected chi connectivity index (χ4v) is 6.62. The van der Waals surface area contributed by atoms with Crippen LogP contribution in [-0.4, -0.2) is 110 Å². The summed E-state index contributed by atoms with van der Waals surface area (Å²) in [5.74, 6) is -0.0985. The van der Waals surface area contributed by atoms with E-state index >= 15 is 0 Å². The van der Waals surface area contributed by atoms with Crippen molar-refractivity contribution in [3.05, 3.63) is 75.0 Å². The Morgan fingerprint density at radius 1 is 1.06 bits per heavy atom. The molecule has 4 atom stereocenters. The van der Waals surface area contributed by atoms with Crippen LogP contribution in [0.5, 0.6) is 5.75 Å². The number of phenols is 1. The number of carbonyl (C=O) groups excluding carboxylic acids is 1. The van der Waals surface area contributed by atoms with Gasteiger partial charge in [0.15, 0.2) is 0 Å². The summed E-state index contributed by atoms with van der Waals surface area (Å²) in [6.45, 7) is 16.9. The summed E-state index contributed by atoms with van der Waals surface area (Å²) in [7, 11) is 0. The molecule has 0 aliphatic carbocycles. The SMILES string of the molecule is CCCc1cc(O)c([C@@H]2O[C@H](CO)C[C@H](O)[C@H]2O)cc1Cc1ccc(/C=C/C(C)(C)N([O-])NC(C)(C)C(=O)N2CCN(CC)CC2)cc1C. The molecule has 5 N–H and O–H groups in total. The maximum Gasteiger partial charge on any atom is 0.243 e. The van der Waals surface area contributed by atoms with Crippen molar-refractivity contribution < 1.29 is 30.0 Å². The van der Waals surface area contributed by atoms with E-state index < -0.39 is 35.5 Å². The van der Waals surface area contributed by atoms with Gasteiger partial charge in [0, 0.05) is 43.7 Å². The Labute approximate surface area is 291 Å². The second-order valence-corrected chi connectivity index (χ2v) is 14.7. The molecule has 2 heterocycles. The van der Waals surface area contributed by atoms with Crippen LogP contribution in [0.4, 0.5) is 0 Å². The van der Waals surface area contributed by atoms with E-state index in [0.717, 1.165) is 65.5 Å². The Kier molecular flexibility index (Phi) is 13.1. The number of nitrogens with one attached hydrogen (secondary N) is 1. The lowest BCUT2D eigenvalue weighted by Gasteiger charge is -2.48. The number of hydrazine groups is 1. The van der Waals surface area contributed by atoms with Gasteiger partial charge in [0.2, 0.25) is 5.91 Å². The molecule has 0 spiro atoms. The van der Waals surface area contributed by atoms with E-state index in [0.29, 0.717) is 25.1 Å². The number of hydrogen-bond acceptors (Lipinski definition) is 10. The molecular weight excluding hydrogens is 624 g/mol. The average molecular weight is 682 g/mol. The number of phenolic OH excluding ortho intramolecular Hbond substituents is 1. The second-order valence-electron chi connectivity index (χ2n) is 14.7. The highest BCUT2D eigenvalue weighted by Crippen LogP contribution is 2.38. The summed E-state index contributed by atoms with van der Waals surface area (Å²) in [6.07, 6.45) is 2.15. The lowest BCUT2D eigenvalue weighted by atomic mass is 9.87. The zero-order valence-corrected chi connectivity index (χ0v) is 30.3. The van der Waals surface area contributed by atoms with Gasteiger partial charge in [-0.2, -0.15) is 0 Å². The molecule has 11 heteroatoms. The first-order valence-corrected chi connectivity index (χ1v) is 17.6. The monoisotopic (exact) mass is 681 g/mol. The maximum absolute atomic E-state index is 13.3. The highest BCUT2D eigenvalue weighted by Gasteiger charge is 2.39. The van der Waals surface area contributed by atoms with Crippen molar-refractivity contribution in [2.75, 3.05) is 39.3 Å². The Balaban J connectivity index is 1.48. The molecule has 0 bridgehead atoms. The minimum absolute atomic E-state index is 0.00803. The van der Waals surface area contributed by atoms with Crippen LogP contribution in [-0.2, 0) is 22.4 Å². The Morgan fingerprint density at radius 2 is 1.76 bits per heavy atom. The number of likely N-dealkylation sites (N-methyl/N-ethyl adjacent to an activating group) is 1. The summed E-state index contributed by atoms with van der Waals surface area (Å²) in [6, 6.07) is 9.68. The normalized spacial score (nSPS) is 22.7. The molecule has 49 heavy (non-hydrogen) atoms. The van der Waals surface area contributed by atoms with Gasteiger partial charge >= 0.3 is 0 Å². The minimum Gasteiger partial charge on any atom is -0.771 e. The number of hydrogen-bond donors (Lipinski definition) is 5. The molecule has 2 saturated heterocycles. The first kappa shape index (κ1) is 38.9. The van der Waals surface area contributed by atoms with Gasteiger partial charge in [-0.15, -0.1) is 0 Å². The summed E-state index contributed by atoms with van der Waals surface area (Å²) in [5, 5.41) is 55.8. The predicted molar refractivity (Wildman–Crippen MR) is 192 cm³/mol. The van der Waals surface area contributed by atoms with E-state index in [9.17, 15) is 30.4 Å². The first-order chi connectivity index (χ1) is 23.1. The number of nitrogens with zero attached hydrogens (tertiary/aromatic N) is 3. The van der Waals surface area contributed by atoms with E-state index in [1.807, 2.05) is 36.1 Å². The lowest BCUT2D eigenvalue weighted by Crippen LogP contribution is -2.63. The number of carbonyl (C=O) groups is 1. The van der Waals surface area contributed by atoms with Crippen LogP contribution >= 0.6 is 0 Å². The van der Waals surface area contributed by atoms with Gasteiger partial charge < -0.3 is 45.3 Å². The number of hydroxylamine groups is 1. The third-order valence-electron chi connectivity index (χ3n) is 9.90. The van der Waals surface area contributed by atoms with Crippen LogP contribution in [0.25, 0.3) is 6.08 Å². The number of ether oxygens (including phenoxy) is 1. The summed E-state index contributed by atoms with van der Waals surface area (Å²) in [4.78, 5) is 17.4. The molecule has 0 radical (unpaired) electrons. The van der Waals surface area contributed by atoms with Crippen LogP contribution in [0.3, 0.4) is 0 Å². The van der Waals surface area contributed by atoms with Gasteiger partial charge in [-0.1, -0.05) is 50.6 Å².